The van der Waals surface area contributed by atoms with Crippen LogP contribution in [0.15, 0.2) is 30.5 Å². The summed E-state index contributed by atoms with van der Waals surface area (Å²) in [6, 6.07) is 8.22. The van der Waals surface area contributed by atoms with Crippen molar-refractivity contribution in [2.45, 2.75) is 25.7 Å². The van der Waals surface area contributed by atoms with Crippen molar-refractivity contribution in [3.63, 3.8) is 0 Å². The van der Waals surface area contributed by atoms with Gasteiger partial charge in [-0.15, -0.1) is 0 Å². The number of aromatic amines is 1. The third-order valence-electron chi connectivity index (χ3n) is 3.40. The molecule has 0 aliphatic rings. The molecule has 0 amide bonds. The lowest BCUT2D eigenvalue weighted by Gasteiger charge is -2.25. The summed E-state index contributed by atoms with van der Waals surface area (Å²) >= 11 is 0. The third-order valence-corrected chi connectivity index (χ3v) is 3.40. The molecule has 0 spiro atoms. The Bertz CT molecular complexity index is 572. The smallest absolute Gasteiger partial charge is 0.304 e. The zero-order valence-electron chi connectivity index (χ0n) is 11.4. The van der Waals surface area contributed by atoms with Crippen LogP contribution in [0.5, 0.6) is 0 Å². The molecule has 2 rings (SSSR count). The van der Waals surface area contributed by atoms with E-state index in [0.29, 0.717) is 6.54 Å². The number of benzene rings is 1. The van der Waals surface area contributed by atoms with Gasteiger partial charge >= 0.3 is 5.97 Å². The Labute approximate surface area is 112 Å². The van der Waals surface area contributed by atoms with E-state index < -0.39 is 5.97 Å². The van der Waals surface area contributed by atoms with E-state index in [1.807, 2.05) is 18.3 Å². The molecule has 0 unspecified atom stereocenters. The number of carboxylic acid groups (broad SMARTS) is 1. The molecule has 0 radical (unpaired) electrons. The molecular weight excluding hydrogens is 240 g/mol. The number of nitrogens with one attached hydrogen (secondary N) is 2. The number of aliphatic carboxylic acids is 1. The molecular formula is C15H20N2O2. The molecule has 4 nitrogen and oxygen atoms in total. The number of para-hydroxylation sites is 1. The lowest BCUT2D eigenvalue weighted by molar-refractivity contribution is -0.136. The van der Waals surface area contributed by atoms with Crippen LogP contribution in [0.1, 0.15) is 25.8 Å². The number of hydrogen-bond acceptors (Lipinski definition) is 2. The fraction of sp³-hybridized carbons (Fsp3) is 0.400. The molecule has 0 fully saturated rings. The normalized spacial score (nSPS) is 11.9. The Morgan fingerprint density at radius 1 is 1.37 bits per heavy atom. The number of rotatable bonds is 6. The van der Waals surface area contributed by atoms with Crippen molar-refractivity contribution in [3.8, 4) is 0 Å². The zero-order valence-corrected chi connectivity index (χ0v) is 11.4. The third kappa shape index (κ3) is 3.15. The Morgan fingerprint density at radius 3 is 2.84 bits per heavy atom. The first kappa shape index (κ1) is 13.6. The van der Waals surface area contributed by atoms with E-state index in [4.69, 9.17) is 5.11 Å². The van der Waals surface area contributed by atoms with E-state index in [-0.39, 0.29) is 11.8 Å². The Balaban J connectivity index is 2.08. The van der Waals surface area contributed by atoms with Gasteiger partial charge in [-0.3, -0.25) is 4.79 Å². The first-order valence-corrected chi connectivity index (χ1v) is 6.50. The summed E-state index contributed by atoms with van der Waals surface area (Å²) in [7, 11) is 0. The van der Waals surface area contributed by atoms with Crippen molar-refractivity contribution < 1.29 is 9.90 Å². The monoisotopic (exact) mass is 260 g/mol. The molecule has 102 valence electrons. The van der Waals surface area contributed by atoms with Gasteiger partial charge in [-0.2, -0.15) is 0 Å². The van der Waals surface area contributed by atoms with Crippen LogP contribution in [0.25, 0.3) is 10.9 Å². The SMILES string of the molecule is CC(C)(CNCCC(=O)O)c1c[nH]c2ccccc12. The summed E-state index contributed by atoms with van der Waals surface area (Å²) in [6.45, 7) is 5.58. The Kier molecular flexibility index (Phi) is 3.90. The number of fused-ring (bicyclic) bond motifs is 1. The van der Waals surface area contributed by atoms with E-state index in [1.165, 1.54) is 10.9 Å². The minimum Gasteiger partial charge on any atom is -0.481 e. The molecule has 0 saturated carbocycles. The van der Waals surface area contributed by atoms with Crippen molar-refractivity contribution in [2.75, 3.05) is 13.1 Å². The van der Waals surface area contributed by atoms with E-state index in [1.54, 1.807) is 0 Å². The topological polar surface area (TPSA) is 65.1 Å². The lowest BCUT2D eigenvalue weighted by atomic mass is 9.84. The van der Waals surface area contributed by atoms with Crippen molar-refractivity contribution in [1.29, 1.82) is 0 Å². The highest BCUT2D eigenvalue weighted by molar-refractivity contribution is 5.84. The van der Waals surface area contributed by atoms with Crippen LogP contribution in [0.2, 0.25) is 0 Å². The quantitative estimate of drug-likeness (QED) is 0.699. The number of carbonyl (C=O) groups is 1. The molecule has 1 heterocycles. The minimum absolute atomic E-state index is 0.0435. The fourth-order valence-corrected chi connectivity index (χ4v) is 2.32. The van der Waals surface area contributed by atoms with Gasteiger partial charge < -0.3 is 15.4 Å². The summed E-state index contributed by atoms with van der Waals surface area (Å²) in [5.74, 6) is -0.766. The second-order valence-electron chi connectivity index (χ2n) is 5.45. The van der Waals surface area contributed by atoms with Crippen LogP contribution in [-0.2, 0) is 10.2 Å². The maximum atomic E-state index is 10.5. The molecule has 1 aromatic carbocycles. The predicted octanol–water partition coefficient (Wildman–Crippen LogP) is 2.51. The number of hydrogen-bond donors (Lipinski definition) is 3. The first-order valence-electron chi connectivity index (χ1n) is 6.50. The zero-order chi connectivity index (χ0) is 13.9. The van der Waals surface area contributed by atoms with Crippen LogP contribution in [0.3, 0.4) is 0 Å². The molecule has 0 aliphatic heterocycles. The number of carboxylic acids is 1. The summed E-state index contributed by atoms with van der Waals surface area (Å²) in [4.78, 5) is 13.8. The molecule has 0 aliphatic carbocycles. The van der Waals surface area contributed by atoms with Gasteiger partial charge in [0.05, 0.1) is 6.42 Å². The van der Waals surface area contributed by atoms with E-state index in [2.05, 4.69) is 36.3 Å². The summed E-state index contributed by atoms with van der Waals surface area (Å²) in [5.41, 5.74) is 2.35. The molecule has 1 aromatic heterocycles. The van der Waals surface area contributed by atoms with E-state index >= 15 is 0 Å². The van der Waals surface area contributed by atoms with Gasteiger partial charge in [-0.1, -0.05) is 32.0 Å². The van der Waals surface area contributed by atoms with Crippen molar-refractivity contribution >= 4 is 16.9 Å². The summed E-state index contributed by atoms with van der Waals surface area (Å²) in [6.07, 6.45) is 2.20. The molecule has 4 heteroatoms. The predicted molar refractivity (Wildman–Crippen MR) is 76.4 cm³/mol. The first-order chi connectivity index (χ1) is 9.00. The molecule has 0 bridgehead atoms. The van der Waals surface area contributed by atoms with Crippen molar-refractivity contribution in [2.24, 2.45) is 0 Å². The molecule has 0 atom stereocenters. The molecule has 19 heavy (non-hydrogen) atoms. The Morgan fingerprint density at radius 2 is 2.11 bits per heavy atom. The van der Waals surface area contributed by atoms with Gasteiger partial charge in [0.15, 0.2) is 0 Å². The standard InChI is InChI=1S/C15H20N2O2/c1-15(2,10-16-8-7-14(18)19)12-9-17-13-6-4-3-5-11(12)13/h3-6,9,16-17H,7-8,10H2,1-2H3,(H,18,19). The van der Waals surface area contributed by atoms with Gasteiger partial charge in [-0.05, 0) is 11.6 Å². The van der Waals surface area contributed by atoms with Gasteiger partial charge in [0.2, 0.25) is 0 Å². The minimum atomic E-state index is -0.766. The second-order valence-corrected chi connectivity index (χ2v) is 5.45. The number of aromatic nitrogens is 1. The van der Waals surface area contributed by atoms with Gasteiger partial charge in [-0.25, -0.2) is 0 Å². The fourth-order valence-electron chi connectivity index (χ4n) is 2.32. The van der Waals surface area contributed by atoms with Crippen LogP contribution in [-0.4, -0.2) is 29.1 Å². The van der Waals surface area contributed by atoms with E-state index in [9.17, 15) is 4.79 Å². The van der Waals surface area contributed by atoms with Crippen molar-refractivity contribution in [1.82, 2.24) is 10.3 Å². The molecule has 3 N–H and O–H groups in total. The largest absolute Gasteiger partial charge is 0.481 e. The van der Waals surface area contributed by atoms with Crippen LogP contribution >= 0.6 is 0 Å². The van der Waals surface area contributed by atoms with Gasteiger partial charge in [0, 0.05) is 35.6 Å². The second kappa shape index (κ2) is 5.45. The highest BCUT2D eigenvalue weighted by Crippen LogP contribution is 2.29. The Hall–Kier alpha value is -1.81. The molecule has 0 saturated heterocycles. The van der Waals surface area contributed by atoms with Crippen LogP contribution < -0.4 is 5.32 Å². The lowest BCUT2D eigenvalue weighted by Crippen LogP contribution is -2.34. The van der Waals surface area contributed by atoms with Crippen LogP contribution in [0.4, 0.5) is 0 Å². The summed E-state index contributed by atoms with van der Waals surface area (Å²) < 4.78 is 0. The average molecular weight is 260 g/mol. The maximum absolute atomic E-state index is 10.5. The van der Waals surface area contributed by atoms with Crippen LogP contribution in [0, 0.1) is 0 Å². The average Bonchev–Trinajstić information content (AvgIpc) is 2.79. The maximum Gasteiger partial charge on any atom is 0.304 e. The number of H-pyrrole nitrogens is 1. The van der Waals surface area contributed by atoms with E-state index in [0.717, 1.165) is 12.1 Å². The van der Waals surface area contributed by atoms with Gasteiger partial charge in [0.25, 0.3) is 0 Å². The highest BCUT2D eigenvalue weighted by atomic mass is 16.4. The molecule has 2 aromatic rings. The van der Waals surface area contributed by atoms with Crippen molar-refractivity contribution in [3.05, 3.63) is 36.0 Å². The highest BCUT2D eigenvalue weighted by Gasteiger charge is 2.23. The summed E-state index contributed by atoms with van der Waals surface area (Å²) in [5, 5.41) is 13.1. The van der Waals surface area contributed by atoms with Gasteiger partial charge in [0.1, 0.15) is 0 Å².